The fourth-order valence-electron chi connectivity index (χ4n) is 5.02. The number of benzene rings is 2. The van der Waals surface area contributed by atoms with Gasteiger partial charge in [0, 0.05) is 37.0 Å². The smallest absolute Gasteiger partial charge is 0.420 e. The van der Waals surface area contributed by atoms with Gasteiger partial charge in [0.05, 0.1) is 40.1 Å². The molecule has 0 bridgehead atoms. The average Bonchev–Trinajstić information content (AvgIpc) is 3.56. The minimum atomic E-state index is -1.06. The van der Waals surface area contributed by atoms with E-state index in [1.807, 2.05) is 71.9 Å². The molecular weight excluding hydrogens is 633 g/mol. The van der Waals surface area contributed by atoms with Crippen molar-refractivity contribution in [3.63, 3.8) is 0 Å². The molecule has 1 fully saturated rings. The lowest BCUT2D eigenvalue weighted by atomic mass is 10.1. The minimum Gasteiger partial charge on any atom is -0.493 e. The van der Waals surface area contributed by atoms with Gasteiger partial charge in [-0.1, -0.05) is 6.07 Å². The number of pyridine rings is 1. The summed E-state index contributed by atoms with van der Waals surface area (Å²) in [5.41, 5.74) is 2.84. The molecule has 2 aromatic carbocycles. The molecule has 0 N–H and O–H groups in total. The van der Waals surface area contributed by atoms with Crippen molar-refractivity contribution in [1.29, 1.82) is 0 Å². The molecule has 2 amide bonds. The molecule has 3 unspecified atom stereocenters. The SMILES string of the molecule is CC[n+]1ccccc1CN(C(C)=O)C(=O)OC(C)Oc1c(OC)cc(C2CSC(c3cc(OC)c(OC)c(OC)c3)S2)cc1OC. The Morgan fingerprint density at radius 2 is 1.48 bits per heavy atom. The summed E-state index contributed by atoms with van der Waals surface area (Å²) >= 11 is 3.61. The first-order valence-corrected chi connectivity index (χ1v) is 16.6. The van der Waals surface area contributed by atoms with Gasteiger partial charge in [0.15, 0.2) is 29.2 Å². The van der Waals surface area contributed by atoms with Gasteiger partial charge in [-0.3, -0.25) is 4.79 Å². The van der Waals surface area contributed by atoms with E-state index in [0.717, 1.165) is 27.5 Å². The summed E-state index contributed by atoms with van der Waals surface area (Å²) in [6, 6.07) is 13.4. The summed E-state index contributed by atoms with van der Waals surface area (Å²) in [6.07, 6.45) is 0.0136. The van der Waals surface area contributed by atoms with Crippen molar-refractivity contribution in [2.45, 2.75) is 50.0 Å². The van der Waals surface area contributed by atoms with Crippen molar-refractivity contribution in [1.82, 2.24) is 4.90 Å². The lowest BCUT2D eigenvalue weighted by Gasteiger charge is -2.23. The molecule has 11 nitrogen and oxygen atoms in total. The number of methoxy groups -OCH3 is 5. The normalized spacial score (nSPS) is 16.3. The Morgan fingerprint density at radius 1 is 0.891 bits per heavy atom. The van der Waals surface area contributed by atoms with E-state index in [-0.39, 0.29) is 22.1 Å². The Hall–Kier alpha value is -3.97. The highest BCUT2D eigenvalue weighted by Crippen LogP contribution is 2.58. The van der Waals surface area contributed by atoms with Crippen LogP contribution in [-0.4, -0.2) is 64.5 Å². The lowest BCUT2D eigenvalue weighted by molar-refractivity contribution is -0.701. The van der Waals surface area contributed by atoms with Gasteiger partial charge in [0.1, 0.15) is 13.1 Å². The second-order valence-corrected chi connectivity index (χ2v) is 12.9. The van der Waals surface area contributed by atoms with E-state index in [1.165, 1.54) is 21.1 Å². The number of aryl methyl sites for hydroxylation is 1. The number of carbonyl (C=O) groups is 2. The summed E-state index contributed by atoms with van der Waals surface area (Å²) < 4.78 is 41.7. The maximum absolute atomic E-state index is 13.1. The molecular formula is C33H41N2O9S2+. The third-order valence-corrected chi connectivity index (χ3v) is 10.7. The first-order valence-electron chi connectivity index (χ1n) is 14.6. The van der Waals surface area contributed by atoms with Crippen LogP contribution in [0, 0.1) is 0 Å². The molecule has 3 aromatic rings. The summed E-state index contributed by atoms with van der Waals surface area (Å²) in [5.74, 6) is 3.30. The summed E-state index contributed by atoms with van der Waals surface area (Å²) in [5, 5.41) is 0.120. The minimum absolute atomic E-state index is 0.0606. The highest BCUT2D eigenvalue weighted by atomic mass is 32.2. The van der Waals surface area contributed by atoms with E-state index in [1.54, 1.807) is 40.0 Å². The molecule has 1 aliphatic heterocycles. The van der Waals surface area contributed by atoms with E-state index in [9.17, 15) is 9.59 Å². The van der Waals surface area contributed by atoms with Crippen molar-refractivity contribution < 1.29 is 47.3 Å². The Bertz CT molecular complexity index is 1490. The second kappa shape index (κ2) is 16.0. The maximum atomic E-state index is 13.1. The number of aromatic nitrogens is 1. The number of ether oxygens (including phenoxy) is 7. The maximum Gasteiger partial charge on any atom is 0.420 e. The Labute approximate surface area is 278 Å². The van der Waals surface area contributed by atoms with Gasteiger partial charge in [0.25, 0.3) is 0 Å². The van der Waals surface area contributed by atoms with Crippen LogP contribution in [0.5, 0.6) is 34.5 Å². The molecule has 3 atom stereocenters. The Balaban J connectivity index is 1.50. The van der Waals surface area contributed by atoms with Crippen LogP contribution >= 0.6 is 23.5 Å². The molecule has 13 heteroatoms. The van der Waals surface area contributed by atoms with E-state index in [0.29, 0.717) is 35.3 Å². The quantitative estimate of drug-likeness (QED) is 0.154. The zero-order valence-corrected chi connectivity index (χ0v) is 29.0. The zero-order chi connectivity index (χ0) is 33.4. The van der Waals surface area contributed by atoms with Crippen molar-refractivity contribution in [3.8, 4) is 34.5 Å². The first kappa shape index (κ1) is 34.9. The van der Waals surface area contributed by atoms with Crippen molar-refractivity contribution in [2.75, 3.05) is 41.3 Å². The highest BCUT2D eigenvalue weighted by Gasteiger charge is 2.32. The van der Waals surface area contributed by atoms with E-state index in [4.69, 9.17) is 33.2 Å². The predicted octanol–water partition coefficient (Wildman–Crippen LogP) is 6.17. The number of thioether (sulfide) groups is 2. The standard InChI is InChI=1S/C33H41N2O9S2/c1-9-34-13-11-10-12-24(34)18-35(20(2)36)33(37)44-21(3)43-31-27(40-6)14-22(15-28(31)41-7)29-19-45-32(46-29)23-16-25(38-4)30(42-8)26(17-23)39-5/h10-17,21,29,32H,9,18-19H2,1-8H3/q+1. The molecule has 4 rings (SSSR count). The van der Waals surface area contributed by atoms with E-state index < -0.39 is 18.3 Å². The van der Waals surface area contributed by atoms with Crippen LogP contribution in [0.2, 0.25) is 0 Å². The van der Waals surface area contributed by atoms with Gasteiger partial charge in [-0.2, -0.15) is 0 Å². The predicted molar refractivity (Wildman–Crippen MR) is 176 cm³/mol. The number of amides is 2. The number of hydrogen-bond donors (Lipinski definition) is 0. The topological polar surface area (TPSA) is 106 Å². The number of nitrogens with zero attached hydrogens (tertiary/aromatic N) is 2. The Morgan fingerprint density at radius 3 is 2.02 bits per heavy atom. The van der Waals surface area contributed by atoms with Crippen LogP contribution in [0.25, 0.3) is 0 Å². The van der Waals surface area contributed by atoms with Crippen LogP contribution in [0.4, 0.5) is 4.79 Å². The van der Waals surface area contributed by atoms with Gasteiger partial charge in [-0.15, -0.1) is 23.5 Å². The molecule has 2 heterocycles. The third kappa shape index (κ3) is 7.87. The van der Waals surface area contributed by atoms with E-state index >= 15 is 0 Å². The molecule has 248 valence electrons. The molecule has 0 aliphatic carbocycles. The first-order chi connectivity index (χ1) is 22.2. The van der Waals surface area contributed by atoms with Crippen molar-refractivity contribution in [3.05, 3.63) is 65.5 Å². The second-order valence-electron chi connectivity index (χ2n) is 10.2. The van der Waals surface area contributed by atoms with E-state index in [2.05, 4.69) is 0 Å². The highest BCUT2D eigenvalue weighted by molar-refractivity contribution is 8.19. The Kier molecular flexibility index (Phi) is 12.2. The molecule has 1 aliphatic rings. The summed E-state index contributed by atoms with van der Waals surface area (Å²) in [7, 11) is 7.87. The van der Waals surface area contributed by atoms with Gasteiger partial charge in [0.2, 0.25) is 29.4 Å². The largest absolute Gasteiger partial charge is 0.493 e. The fraction of sp³-hybridized carbons (Fsp3) is 0.424. The number of hydrogen-bond acceptors (Lipinski definition) is 11. The fourth-order valence-corrected chi connectivity index (χ4v) is 8.28. The summed E-state index contributed by atoms with van der Waals surface area (Å²) in [6.45, 7) is 5.63. The number of carbonyl (C=O) groups excluding carboxylic acids is 2. The molecule has 46 heavy (non-hydrogen) atoms. The van der Waals surface area contributed by atoms with Crippen LogP contribution in [0.3, 0.4) is 0 Å². The van der Waals surface area contributed by atoms with Crippen molar-refractivity contribution in [2.24, 2.45) is 0 Å². The molecule has 1 aromatic heterocycles. The van der Waals surface area contributed by atoms with Crippen LogP contribution in [0.1, 0.15) is 47.4 Å². The monoisotopic (exact) mass is 673 g/mol. The molecule has 0 radical (unpaired) electrons. The number of rotatable bonds is 13. The van der Waals surface area contributed by atoms with Crippen molar-refractivity contribution >= 4 is 35.5 Å². The van der Waals surface area contributed by atoms with Crippen LogP contribution < -0.4 is 33.0 Å². The van der Waals surface area contributed by atoms with Gasteiger partial charge < -0.3 is 33.2 Å². The molecule has 1 saturated heterocycles. The molecule has 0 spiro atoms. The zero-order valence-electron chi connectivity index (χ0n) is 27.4. The average molecular weight is 674 g/mol. The third-order valence-electron chi connectivity index (χ3n) is 7.35. The van der Waals surface area contributed by atoms with Gasteiger partial charge in [-0.05, 0) is 42.3 Å². The lowest BCUT2D eigenvalue weighted by Crippen LogP contribution is -2.44. The van der Waals surface area contributed by atoms with Crippen LogP contribution in [0.15, 0.2) is 48.7 Å². The van der Waals surface area contributed by atoms with Gasteiger partial charge in [-0.25, -0.2) is 14.3 Å². The summed E-state index contributed by atoms with van der Waals surface area (Å²) in [4.78, 5) is 26.5. The van der Waals surface area contributed by atoms with Crippen LogP contribution in [-0.2, 0) is 22.6 Å². The number of imide groups is 1. The van der Waals surface area contributed by atoms with Gasteiger partial charge >= 0.3 is 6.09 Å². The molecule has 0 saturated carbocycles.